The standard InChI is InChI=1S/C13H20N4O3S/c1-2-21-7-5-10(14)11(18)13(20)17-16-12(19)9-4-3-6-15-8-9/h3-4,6,8,10-11,18H,2,5,7,14H2,1H3,(H,16,19)(H,17,20)/t10-,11?/m1/s1. The van der Waals surface area contributed by atoms with E-state index in [2.05, 4.69) is 15.8 Å². The number of hydrogen-bond acceptors (Lipinski definition) is 6. The summed E-state index contributed by atoms with van der Waals surface area (Å²) in [6, 6.07) is 2.49. The second kappa shape index (κ2) is 9.32. The number of thioether (sulfide) groups is 1. The number of nitrogens with two attached hydrogens (primary N) is 1. The molecule has 0 fully saturated rings. The molecule has 0 aliphatic carbocycles. The summed E-state index contributed by atoms with van der Waals surface area (Å²) in [6.07, 6.45) is 2.05. The van der Waals surface area contributed by atoms with E-state index in [0.29, 0.717) is 12.0 Å². The number of nitrogens with zero attached hydrogens (tertiary/aromatic N) is 1. The summed E-state index contributed by atoms with van der Waals surface area (Å²) in [4.78, 5) is 27.1. The van der Waals surface area contributed by atoms with Gasteiger partial charge in [-0.2, -0.15) is 11.8 Å². The van der Waals surface area contributed by atoms with Gasteiger partial charge in [-0.05, 0) is 30.1 Å². The monoisotopic (exact) mass is 312 g/mol. The van der Waals surface area contributed by atoms with Crippen LogP contribution in [-0.2, 0) is 4.79 Å². The van der Waals surface area contributed by atoms with Crippen LogP contribution in [0.2, 0.25) is 0 Å². The molecule has 5 N–H and O–H groups in total. The van der Waals surface area contributed by atoms with Gasteiger partial charge in [0.1, 0.15) is 6.10 Å². The summed E-state index contributed by atoms with van der Waals surface area (Å²) in [7, 11) is 0. The number of pyridine rings is 1. The maximum atomic E-state index is 11.7. The Morgan fingerprint density at radius 2 is 2.24 bits per heavy atom. The lowest BCUT2D eigenvalue weighted by Gasteiger charge is -2.18. The fourth-order valence-electron chi connectivity index (χ4n) is 1.48. The second-order valence-electron chi connectivity index (χ2n) is 4.28. The van der Waals surface area contributed by atoms with Crippen LogP contribution in [-0.4, -0.2) is 45.6 Å². The number of rotatable bonds is 7. The minimum atomic E-state index is -1.36. The summed E-state index contributed by atoms with van der Waals surface area (Å²) in [5.74, 6) is 0.472. The third kappa shape index (κ3) is 6.11. The normalized spacial score (nSPS) is 13.3. The fraction of sp³-hybridized carbons (Fsp3) is 0.462. The van der Waals surface area contributed by atoms with Crippen LogP contribution in [0, 0.1) is 0 Å². The van der Waals surface area contributed by atoms with Gasteiger partial charge in [-0.15, -0.1) is 0 Å². The Morgan fingerprint density at radius 1 is 1.48 bits per heavy atom. The number of aliphatic hydroxyl groups is 1. The van der Waals surface area contributed by atoms with E-state index in [1.807, 2.05) is 6.92 Å². The zero-order valence-electron chi connectivity index (χ0n) is 11.8. The van der Waals surface area contributed by atoms with Crippen molar-refractivity contribution >= 4 is 23.6 Å². The van der Waals surface area contributed by atoms with E-state index in [4.69, 9.17) is 5.73 Å². The molecule has 116 valence electrons. The average Bonchev–Trinajstić information content (AvgIpc) is 2.52. The van der Waals surface area contributed by atoms with Crippen LogP contribution >= 0.6 is 11.8 Å². The largest absolute Gasteiger partial charge is 0.382 e. The molecule has 2 amide bonds. The highest BCUT2D eigenvalue weighted by molar-refractivity contribution is 7.99. The van der Waals surface area contributed by atoms with Crippen molar-refractivity contribution < 1.29 is 14.7 Å². The van der Waals surface area contributed by atoms with Crippen molar-refractivity contribution in [2.75, 3.05) is 11.5 Å². The van der Waals surface area contributed by atoms with Crippen molar-refractivity contribution in [2.24, 2.45) is 5.73 Å². The summed E-state index contributed by atoms with van der Waals surface area (Å²) >= 11 is 1.68. The highest BCUT2D eigenvalue weighted by Gasteiger charge is 2.23. The van der Waals surface area contributed by atoms with Crippen LogP contribution in [0.25, 0.3) is 0 Å². The summed E-state index contributed by atoms with van der Waals surface area (Å²) in [6.45, 7) is 2.02. The number of hydrogen-bond donors (Lipinski definition) is 4. The molecule has 1 rings (SSSR count). The number of aliphatic hydroxyl groups excluding tert-OH is 1. The lowest BCUT2D eigenvalue weighted by molar-refractivity contribution is -0.131. The van der Waals surface area contributed by atoms with Crippen LogP contribution in [0.1, 0.15) is 23.7 Å². The first kappa shape index (κ1) is 17.4. The van der Waals surface area contributed by atoms with Gasteiger partial charge in [0.05, 0.1) is 5.56 Å². The third-order valence-electron chi connectivity index (χ3n) is 2.70. The van der Waals surface area contributed by atoms with Crippen LogP contribution in [0.5, 0.6) is 0 Å². The van der Waals surface area contributed by atoms with E-state index >= 15 is 0 Å². The first-order valence-electron chi connectivity index (χ1n) is 6.57. The maximum Gasteiger partial charge on any atom is 0.271 e. The smallest absolute Gasteiger partial charge is 0.271 e. The van der Waals surface area contributed by atoms with E-state index in [1.54, 1.807) is 23.9 Å². The molecule has 8 heteroatoms. The first-order chi connectivity index (χ1) is 10.1. The molecule has 7 nitrogen and oxygen atoms in total. The molecule has 0 spiro atoms. The van der Waals surface area contributed by atoms with E-state index in [-0.39, 0.29) is 0 Å². The predicted octanol–water partition coefficient (Wildman–Crippen LogP) is -0.326. The Labute approximate surface area is 127 Å². The Kier molecular flexibility index (Phi) is 7.73. The molecule has 0 aliphatic heterocycles. The molecule has 1 unspecified atom stereocenters. The average molecular weight is 312 g/mol. The van der Waals surface area contributed by atoms with Crippen LogP contribution < -0.4 is 16.6 Å². The van der Waals surface area contributed by atoms with Crippen LogP contribution in [0.4, 0.5) is 0 Å². The van der Waals surface area contributed by atoms with Crippen LogP contribution in [0.3, 0.4) is 0 Å². The zero-order valence-corrected chi connectivity index (χ0v) is 12.6. The zero-order chi connectivity index (χ0) is 15.7. The molecular formula is C13H20N4O3S. The van der Waals surface area contributed by atoms with E-state index in [9.17, 15) is 14.7 Å². The molecule has 0 saturated heterocycles. The van der Waals surface area contributed by atoms with Gasteiger partial charge in [0, 0.05) is 18.4 Å². The lowest BCUT2D eigenvalue weighted by atomic mass is 10.1. The Morgan fingerprint density at radius 3 is 2.86 bits per heavy atom. The molecule has 1 heterocycles. The van der Waals surface area contributed by atoms with Gasteiger partial charge in [-0.25, -0.2) is 0 Å². The van der Waals surface area contributed by atoms with Crippen molar-refractivity contribution in [2.45, 2.75) is 25.5 Å². The number of amides is 2. The van der Waals surface area contributed by atoms with Crippen LogP contribution in [0.15, 0.2) is 24.5 Å². The van der Waals surface area contributed by atoms with Crippen molar-refractivity contribution in [3.8, 4) is 0 Å². The summed E-state index contributed by atoms with van der Waals surface area (Å²) in [5, 5.41) is 9.76. The number of nitrogens with one attached hydrogen (secondary N) is 2. The molecule has 0 aliphatic rings. The Balaban J connectivity index is 2.37. The van der Waals surface area contributed by atoms with Gasteiger partial charge in [-0.1, -0.05) is 6.92 Å². The molecule has 0 bridgehead atoms. The van der Waals surface area contributed by atoms with Gasteiger partial charge in [0.15, 0.2) is 0 Å². The molecular weight excluding hydrogens is 292 g/mol. The summed E-state index contributed by atoms with van der Waals surface area (Å²) in [5.41, 5.74) is 10.4. The third-order valence-corrected chi connectivity index (χ3v) is 3.63. The van der Waals surface area contributed by atoms with Crippen molar-refractivity contribution in [3.63, 3.8) is 0 Å². The topological polar surface area (TPSA) is 117 Å². The van der Waals surface area contributed by atoms with Crippen molar-refractivity contribution in [3.05, 3.63) is 30.1 Å². The van der Waals surface area contributed by atoms with Gasteiger partial charge in [0.2, 0.25) is 0 Å². The lowest BCUT2D eigenvalue weighted by Crippen LogP contribution is -2.52. The Bertz CT molecular complexity index is 458. The van der Waals surface area contributed by atoms with E-state index < -0.39 is 24.0 Å². The minimum Gasteiger partial charge on any atom is -0.382 e. The minimum absolute atomic E-state index is 0.302. The van der Waals surface area contributed by atoms with E-state index in [0.717, 1.165) is 11.5 Å². The molecule has 1 aromatic rings. The number of carbonyl (C=O) groups excluding carboxylic acids is 2. The first-order valence-corrected chi connectivity index (χ1v) is 7.73. The highest BCUT2D eigenvalue weighted by Crippen LogP contribution is 2.05. The predicted molar refractivity (Wildman–Crippen MR) is 81.4 cm³/mol. The number of aromatic nitrogens is 1. The van der Waals surface area contributed by atoms with Gasteiger partial charge < -0.3 is 10.8 Å². The Hall–Kier alpha value is -1.64. The molecule has 0 saturated carbocycles. The van der Waals surface area contributed by atoms with Gasteiger partial charge >= 0.3 is 0 Å². The summed E-state index contributed by atoms with van der Waals surface area (Å²) < 4.78 is 0. The maximum absolute atomic E-state index is 11.7. The molecule has 0 aromatic carbocycles. The number of carbonyl (C=O) groups is 2. The SMILES string of the molecule is CCSCC[C@@H](N)C(O)C(=O)NNC(=O)c1cccnc1. The van der Waals surface area contributed by atoms with Crippen molar-refractivity contribution in [1.29, 1.82) is 0 Å². The van der Waals surface area contributed by atoms with Gasteiger partial charge in [-0.3, -0.25) is 25.4 Å². The molecule has 21 heavy (non-hydrogen) atoms. The van der Waals surface area contributed by atoms with Gasteiger partial charge in [0.25, 0.3) is 11.8 Å². The molecule has 2 atom stereocenters. The fourth-order valence-corrected chi connectivity index (χ4v) is 2.21. The molecule has 0 radical (unpaired) electrons. The number of hydrazine groups is 1. The van der Waals surface area contributed by atoms with E-state index in [1.165, 1.54) is 12.4 Å². The second-order valence-corrected chi connectivity index (χ2v) is 5.67. The molecule has 1 aromatic heterocycles. The van der Waals surface area contributed by atoms with Crippen molar-refractivity contribution in [1.82, 2.24) is 15.8 Å². The highest BCUT2D eigenvalue weighted by atomic mass is 32.2. The quantitative estimate of drug-likeness (QED) is 0.405.